The molecular weight excluding hydrogens is 466 g/mol. The minimum atomic E-state index is -3.90. The number of ether oxygens (including phenoxy) is 1. The van der Waals surface area contributed by atoms with Gasteiger partial charge < -0.3 is 14.7 Å². The average Bonchev–Trinajstić information content (AvgIpc) is 3.44. The first kappa shape index (κ1) is 22.9. The van der Waals surface area contributed by atoms with E-state index in [1.54, 1.807) is 36.5 Å². The Balaban J connectivity index is 1.43. The number of carboxylic acid groups (broad SMARTS) is 1. The standard InChI is InChI=1S/C26H25N3O5S/c1-34-21-7-10-24-23(15-21)20(6-11-25(30)31)17-29(24)35(32,33)22-8-4-18(5-9-22)16-28-14-12-19-3-2-13-27-26(19)28/h2-5,7-10,12-15,17,19,26H,6,11,16H2,1H3,(H,30,31). The van der Waals surface area contributed by atoms with Crippen molar-refractivity contribution in [3.8, 4) is 5.75 Å². The molecule has 0 aliphatic carbocycles. The number of rotatable bonds is 8. The van der Waals surface area contributed by atoms with Gasteiger partial charge in [-0.15, -0.1) is 0 Å². The van der Waals surface area contributed by atoms with Gasteiger partial charge in [-0.1, -0.05) is 24.3 Å². The molecule has 0 amide bonds. The molecule has 0 fully saturated rings. The van der Waals surface area contributed by atoms with Crippen LogP contribution in [0.25, 0.3) is 10.9 Å². The van der Waals surface area contributed by atoms with E-state index in [4.69, 9.17) is 9.84 Å². The largest absolute Gasteiger partial charge is 0.497 e. The Morgan fingerprint density at radius 2 is 1.94 bits per heavy atom. The Labute approximate surface area is 203 Å². The summed E-state index contributed by atoms with van der Waals surface area (Å²) in [5.74, 6) is -0.110. The average molecular weight is 492 g/mol. The Morgan fingerprint density at radius 1 is 1.14 bits per heavy atom. The van der Waals surface area contributed by atoms with Crippen LogP contribution < -0.4 is 4.74 Å². The number of carbonyl (C=O) groups is 1. The van der Waals surface area contributed by atoms with Crippen molar-refractivity contribution in [2.24, 2.45) is 10.9 Å². The SMILES string of the molecule is COc1ccc2c(c1)c(CCC(=O)O)cn2S(=O)(=O)c1ccc(CN2C=CC3C=CC=NC32)cc1. The molecular formula is C26H25N3O5S. The monoisotopic (exact) mass is 491 g/mol. The lowest BCUT2D eigenvalue weighted by molar-refractivity contribution is -0.136. The number of nitrogens with zero attached hydrogens (tertiary/aromatic N) is 3. The van der Waals surface area contributed by atoms with Crippen LogP contribution in [0.4, 0.5) is 0 Å². The molecule has 0 saturated carbocycles. The molecule has 0 saturated heterocycles. The van der Waals surface area contributed by atoms with Crippen LogP contribution in [0, 0.1) is 5.92 Å². The second kappa shape index (κ2) is 9.07. The first-order valence-electron chi connectivity index (χ1n) is 11.2. The maximum absolute atomic E-state index is 13.6. The predicted molar refractivity (Wildman–Crippen MR) is 133 cm³/mol. The van der Waals surface area contributed by atoms with Crippen LogP contribution in [-0.4, -0.2) is 47.9 Å². The van der Waals surface area contributed by atoms with Gasteiger partial charge in [0, 0.05) is 36.7 Å². The zero-order chi connectivity index (χ0) is 24.6. The molecule has 0 bridgehead atoms. The third kappa shape index (κ3) is 4.35. The van der Waals surface area contributed by atoms with Crippen molar-refractivity contribution in [3.63, 3.8) is 0 Å². The minimum absolute atomic E-state index is 0.0378. The molecule has 1 aromatic heterocycles. The molecule has 2 atom stereocenters. The van der Waals surface area contributed by atoms with Gasteiger partial charge in [-0.25, -0.2) is 12.4 Å². The quantitative estimate of drug-likeness (QED) is 0.514. The van der Waals surface area contributed by atoms with Gasteiger partial charge in [0.05, 0.1) is 17.5 Å². The molecule has 1 N–H and O–H groups in total. The zero-order valence-electron chi connectivity index (χ0n) is 19.1. The number of dihydropyridines is 1. The Bertz CT molecular complexity index is 1470. The molecule has 3 heterocycles. The van der Waals surface area contributed by atoms with Crippen molar-refractivity contribution < 1.29 is 23.1 Å². The smallest absolute Gasteiger partial charge is 0.303 e. The van der Waals surface area contributed by atoms with Crippen LogP contribution >= 0.6 is 0 Å². The number of aliphatic imine (C=N–C) groups is 1. The molecule has 5 rings (SSSR count). The van der Waals surface area contributed by atoms with Gasteiger partial charge in [-0.2, -0.15) is 0 Å². The number of aryl methyl sites for hydroxylation is 1. The van der Waals surface area contributed by atoms with E-state index in [1.165, 1.54) is 17.3 Å². The van der Waals surface area contributed by atoms with Crippen molar-refractivity contribution >= 4 is 33.1 Å². The number of allylic oxidation sites excluding steroid dienone is 1. The number of carboxylic acids is 1. The van der Waals surface area contributed by atoms with Gasteiger partial charge in [-0.05, 0) is 60.2 Å². The highest BCUT2D eigenvalue weighted by Gasteiger charge is 2.28. The van der Waals surface area contributed by atoms with Crippen molar-refractivity contribution in [1.29, 1.82) is 0 Å². The number of hydrogen-bond donors (Lipinski definition) is 1. The topological polar surface area (TPSA) is 101 Å². The van der Waals surface area contributed by atoms with Crippen molar-refractivity contribution in [2.45, 2.75) is 30.4 Å². The molecule has 180 valence electrons. The van der Waals surface area contributed by atoms with Crippen LogP contribution in [0.1, 0.15) is 17.5 Å². The summed E-state index contributed by atoms with van der Waals surface area (Å²) in [6, 6.07) is 12.0. The molecule has 2 aliphatic rings. The van der Waals surface area contributed by atoms with Crippen LogP contribution in [0.15, 0.2) is 83.0 Å². The van der Waals surface area contributed by atoms with Crippen LogP contribution in [0.5, 0.6) is 5.75 Å². The van der Waals surface area contributed by atoms with Gasteiger partial charge in [-0.3, -0.25) is 9.79 Å². The van der Waals surface area contributed by atoms with E-state index in [2.05, 4.69) is 22.0 Å². The van der Waals surface area contributed by atoms with Crippen LogP contribution in [0.3, 0.4) is 0 Å². The fraction of sp³-hybridized carbons (Fsp3) is 0.231. The number of aliphatic carboxylic acids is 1. The number of hydrogen-bond acceptors (Lipinski definition) is 6. The lowest BCUT2D eigenvalue weighted by Crippen LogP contribution is -2.30. The molecule has 0 spiro atoms. The number of fused-ring (bicyclic) bond motifs is 2. The van der Waals surface area contributed by atoms with Gasteiger partial charge in [0.1, 0.15) is 11.9 Å². The van der Waals surface area contributed by atoms with Gasteiger partial charge in [0.25, 0.3) is 10.0 Å². The second-order valence-electron chi connectivity index (χ2n) is 8.56. The van der Waals surface area contributed by atoms with E-state index >= 15 is 0 Å². The summed E-state index contributed by atoms with van der Waals surface area (Å²) >= 11 is 0. The van der Waals surface area contributed by atoms with Crippen LogP contribution in [0.2, 0.25) is 0 Å². The number of methoxy groups -OCH3 is 1. The van der Waals surface area contributed by atoms with E-state index in [-0.39, 0.29) is 29.8 Å². The molecule has 3 aromatic rings. The fourth-order valence-corrected chi connectivity index (χ4v) is 5.92. The van der Waals surface area contributed by atoms with E-state index < -0.39 is 16.0 Å². The Kier molecular flexibility index (Phi) is 5.94. The van der Waals surface area contributed by atoms with Gasteiger partial charge >= 0.3 is 5.97 Å². The highest BCUT2D eigenvalue weighted by Crippen LogP contribution is 2.31. The molecule has 0 radical (unpaired) electrons. The van der Waals surface area contributed by atoms with Gasteiger partial charge in [0.2, 0.25) is 0 Å². The molecule has 9 heteroatoms. The first-order chi connectivity index (χ1) is 16.9. The highest BCUT2D eigenvalue weighted by atomic mass is 32.2. The summed E-state index contributed by atoms with van der Waals surface area (Å²) in [4.78, 5) is 18.0. The number of aromatic nitrogens is 1. The highest BCUT2D eigenvalue weighted by molar-refractivity contribution is 7.90. The lowest BCUT2D eigenvalue weighted by Gasteiger charge is -2.26. The Hall–Kier alpha value is -3.85. The molecule has 2 unspecified atom stereocenters. The third-order valence-electron chi connectivity index (χ3n) is 6.36. The maximum atomic E-state index is 13.6. The maximum Gasteiger partial charge on any atom is 0.303 e. The predicted octanol–water partition coefficient (Wildman–Crippen LogP) is 3.82. The molecule has 8 nitrogen and oxygen atoms in total. The van der Waals surface area contributed by atoms with E-state index in [0.717, 1.165) is 5.56 Å². The summed E-state index contributed by atoms with van der Waals surface area (Å²) in [5.41, 5.74) is 2.09. The summed E-state index contributed by atoms with van der Waals surface area (Å²) in [5, 5.41) is 9.77. The zero-order valence-corrected chi connectivity index (χ0v) is 19.9. The summed E-state index contributed by atoms with van der Waals surface area (Å²) in [6.07, 6.45) is 11.7. The molecule has 2 aliphatic heterocycles. The van der Waals surface area contributed by atoms with E-state index in [9.17, 15) is 13.2 Å². The minimum Gasteiger partial charge on any atom is -0.497 e. The Morgan fingerprint density at radius 3 is 2.69 bits per heavy atom. The number of benzene rings is 2. The summed E-state index contributed by atoms with van der Waals surface area (Å²) < 4.78 is 33.6. The van der Waals surface area contributed by atoms with E-state index in [0.29, 0.717) is 28.8 Å². The van der Waals surface area contributed by atoms with Crippen molar-refractivity contribution in [3.05, 3.63) is 84.2 Å². The second-order valence-corrected chi connectivity index (χ2v) is 10.4. The van der Waals surface area contributed by atoms with Crippen molar-refractivity contribution in [1.82, 2.24) is 8.87 Å². The third-order valence-corrected chi connectivity index (χ3v) is 8.04. The van der Waals surface area contributed by atoms with Gasteiger partial charge in [0.15, 0.2) is 0 Å². The summed E-state index contributed by atoms with van der Waals surface area (Å²) in [6.45, 7) is 0.620. The molecule has 2 aromatic carbocycles. The first-order valence-corrected chi connectivity index (χ1v) is 12.7. The molecule has 35 heavy (non-hydrogen) atoms. The normalized spacial score (nSPS) is 18.8. The lowest BCUT2D eigenvalue weighted by atomic mass is 10.1. The van der Waals surface area contributed by atoms with Crippen molar-refractivity contribution in [2.75, 3.05) is 7.11 Å². The fourth-order valence-electron chi connectivity index (χ4n) is 4.53. The van der Waals surface area contributed by atoms with E-state index in [1.807, 2.05) is 24.4 Å². The van der Waals surface area contributed by atoms with Crippen LogP contribution in [-0.2, 0) is 27.8 Å². The summed E-state index contributed by atoms with van der Waals surface area (Å²) in [7, 11) is -2.37.